The molecule has 0 aliphatic carbocycles. The number of aromatic nitrogens is 2. The fourth-order valence-corrected chi connectivity index (χ4v) is 2.76. The zero-order chi connectivity index (χ0) is 19.1. The average molecular weight is 427 g/mol. The van der Waals surface area contributed by atoms with E-state index in [1.54, 1.807) is 12.3 Å². The summed E-state index contributed by atoms with van der Waals surface area (Å²) in [5.74, 6) is 0.457. The summed E-state index contributed by atoms with van der Waals surface area (Å²) in [6.45, 7) is 2.75. The van der Waals surface area contributed by atoms with E-state index in [2.05, 4.69) is 43.6 Å². The largest absolute Gasteiger partial charge is 0.494 e. The first-order chi connectivity index (χ1) is 13.2. The van der Waals surface area contributed by atoms with E-state index in [-0.39, 0.29) is 5.91 Å². The zero-order valence-electron chi connectivity index (χ0n) is 14.8. The van der Waals surface area contributed by atoms with Gasteiger partial charge in [0.1, 0.15) is 11.4 Å². The van der Waals surface area contributed by atoms with E-state index in [0.29, 0.717) is 18.0 Å². The van der Waals surface area contributed by atoms with Crippen LogP contribution in [0.5, 0.6) is 5.75 Å². The van der Waals surface area contributed by atoms with Gasteiger partial charge in [-0.1, -0.05) is 35.0 Å². The molecule has 2 aromatic carbocycles. The Morgan fingerprint density at radius 3 is 2.81 bits per heavy atom. The predicted molar refractivity (Wildman–Crippen MR) is 109 cm³/mol. The third kappa shape index (κ3) is 5.27. The van der Waals surface area contributed by atoms with Crippen LogP contribution in [-0.2, 0) is 0 Å². The molecule has 138 valence electrons. The van der Waals surface area contributed by atoms with Crippen molar-refractivity contribution in [1.29, 1.82) is 0 Å². The van der Waals surface area contributed by atoms with Crippen LogP contribution in [0.3, 0.4) is 0 Å². The maximum atomic E-state index is 12.2. The minimum atomic E-state index is -0.358. The van der Waals surface area contributed by atoms with Crippen molar-refractivity contribution in [1.82, 2.24) is 15.6 Å². The highest BCUT2D eigenvalue weighted by Crippen LogP contribution is 2.21. The normalized spacial score (nSPS) is 10.9. The zero-order valence-corrected chi connectivity index (χ0v) is 16.4. The number of hydrazone groups is 1. The Morgan fingerprint density at radius 2 is 2.07 bits per heavy atom. The van der Waals surface area contributed by atoms with E-state index in [0.717, 1.165) is 27.8 Å². The molecule has 0 aliphatic rings. The van der Waals surface area contributed by atoms with Crippen LogP contribution >= 0.6 is 15.9 Å². The second kappa shape index (κ2) is 9.14. The maximum absolute atomic E-state index is 12.2. The molecule has 0 spiro atoms. The van der Waals surface area contributed by atoms with Crippen LogP contribution in [0, 0.1) is 0 Å². The fourth-order valence-electron chi connectivity index (χ4n) is 2.34. The molecule has 0 saturated carbocycles. The number of halogens is 1. The van der Waals surface area contributed by atoms with E-state index < -0.39 is 0 Å². The first-order valence-electron chi connectivity index (χ1n) is 8.53. The highest BCUT2D eigenvalue weighted by molar-refractivity contribution is 9.10. The van der Waals surface area contributed by atoms with Gasteiger partial charge in [0.2, 0.25) is 0 Å². The molecule has 1 amide bonds. The molecule has 27 heavy (non-hydrogen) atoms. The van der Waals surface area contributed by atoms with E-state index in [9.17, 15) is 4.79 Å². The van der Waals surface area contributed by atoms with Crippen LogP contribution < -0.4 is 10.2 Å². The van der Waals surface area contributed by atoms with Gasteiger partial charge in [0.15, 0.2) is 0 Å². The lowest BCUT2D eigenvalue weighted by Gasteiger charge is -2.04. The number of benzene rings is 2. The minimum Gasteiger partial charge on any atom is -0.494 e. The van der Waals surface area contributed by atoms with Crippen molar-refractivity contribution < 1.29 is 9.53 Å². The quantitative estimate of drug-likeness (QED) is 0.434. The Bertz CT molecular complexity index is 935. The molecule has 3 rings (SSSR count). The summed E-state index contributed by atoms with van der Waals surface area (Å²) < 4.78 is 6.51. The van der Waals surface area contributed by atoms with Crippen LogP contribution in [0.25, 0.3) is 11.3 Å². The van der Waals surface area contributed by atoms with Crippen molar-refractivity contribution >= 4 is 28.1 Å². The van der Waals surface area contributed by atoms with Crippen molar-refractivity contribution in [3.63, 3.8) is 0 Å². The lowest BCUT2D eigenvalue weighted by atomic mass is 10.1. The number of aromatic amines is 1. The van der Waals surface area contributed by atoms with Gasteiger partial charge in [-0.15, -0.1) is 0 Å². The van der Waals surface area contributed by atoms with Gasteiger partial charge >= 0.3 is 0 Å². The number of carbonyl (C=O) groups is 1. The Hall–Kier alpha value is -2.93. The third-order valence-corrected chi connectivity index (χ3v) is 4.17. The Morgan fingerprint density at radius 1 is 1.26 bits per heavy atom. The number of H-pyrrole nitrogens is 1. The van der Waals surface area contributed by atoms with Gasteiger partial charge < -0.3 is 4.74 Å². The predicted octanol–water partition coefficient (Wildman–Crippen LogP) is 4.39. The second-order valence-corrected chi connectivity index (χ2v) is 6.71. The number of hydrogen-bond acceptors (Lipinski definition) is 4. The summed E-state index contributed by atoms with van der Waals surface area (Å²) in [7, 11) is 0. The van der Waals surface area contributed by atoms with E-state index in [4.69, 9.17) is 4.74 Å². The topological polar surface area (TPSA) is 79.4 Å². The Labute approximate surface area is 165 Å². The second-order valence-electron chi connectivity index (χ2n) is 5.79. The van der Waals surface area contributed by atoms with Gasteiger partial charge in [0.05, 0.1) is 18.5 Å². The molecule has 0 radical (unpaired) electrons. The summed E-state index contributed by atoms with van der Waals surface area (Å²) >= 11 is 3.39. The van der Waals surface area contributed by atoms with Crippen molar-refractivity contribution in [3.8, 4) is 17.0 Å². The van der Waals surface area contributed by atoms with Gasteiger partial charge in [0, 0.05) is 10.0 Å². The molecule has 0 aliphatic heterocycles. The standard InChI is InChI=1S/C20H19BrN4O2/c1-2-10-27-17-8-6-15(7-9-17)18-12-19(24-23-18)20(26)25-22-13-14-4-3-5-16(21)11-14/h3-9,11-13H,2,10H2,1H3,(H,23,24)(H,25,26). The monoisotopic (exact) mass is 426 g/mol. The number of nitrogens with one attached hydrogen (secondary N) is 2. The molecule has 1 heterocycles. The van der Waals surface area contributed by atoms with Crippen LogP contribution in [0.2, 0.25) is 0 Å². The van der Waals surface area contributed by atoms with Crippen molar-refractivity contribution in [2.75, 3.05) is 6.61 Å². The van der Waals surface area contributed by atoms with Crippen LogP contribution in [0.4, 0.5) is 0 Å². The number of ether oxygens (including phenoxy) is 1. The van der Waals surface area contributed by atoms with Crippen LogP contribution in [0.1, 0.15) is 29.4 Å². The van der Waals surface area contributed by atoms with E-state index in [1.165, 1.54) is 0 Å². The van der Waals surface area contributed by atoms with Crippen molar-refractivity contribution in [3.05, 3.63) is 70.3 Å². The maximum Gasteiger partial charge on any atom is 0.289 e. The molecular formula is C20H19BrN4O2. The van der Waals surface area contributed by atoms with Gasteiger partial charge in [-0.3, -0.25) is 9.89 Å². The molecule has 7 heteroatoms. The molecule has 0 atom stereocenters. The highest BCUT2D eigenvalue weighted by Gasteiger charge is 2.10. The number of rotatable bonds is 7. The summed E-state index contributed by atoms with van der Waals surface area (Å²) in [6.07, 6.45) is 2.54. The van der Waals surface area contributed by atoms with Gasteiger partial charge in [-0.05, 0) is 54.4 Å². The minimum absolute atomic E-state index is 0.336. The molecule has 0 saturated heterocycles. The Balaban J connectivity index is 1.62. The molecule has 0 bridgehead atoms. The average Bonchev–Trinajstić information content (AvgIpc) is 3.17. The number of amides is 1. The summed E-state index contributed by atoms with van der Waals surface area (Å²) in [5, 5.41) is 10.9. The molecule has 3 aromatic rings. The van der Waals surface area contributed by atoms with Crippen molar-refractivity contribution in [2.45, 2.75) is 13.3 Å². The van der Waals surface area contributed by atoms with E-state index >= 15 is 0 Å². The molecular weight excluding hydrogens is 408 g/mol. The number of carbonyl (C=O) groups excluding carboxylic acids is 1. The molecule has 0 fully saturated rings. The summed E-state index contributed by atoms with van der Waals surface area (Å²) in [6, 6.07) is 16.9. The van der Waals surface area contributed by atoms with Gasteiger partial charge in [0.25, 0.3) is 5.91 Å². The summed E-state index contributed by atoms with van der Waals surface area (Å²) in [5.41, 5.74) is 5.27. The highest BCUT2D eigenvalue weighted by atomic mass is 79.9. The smallest absolute Gasteiger partial charge is 0.289 e. The third-order valence-electron chi connectivity index (χ3n) is 3.67. The number of hydrogen-bond donors (Lipinski definition) is 2. The molecule has 2 N–H and O–H groups in total. The molecule has 6 nitrogen and oxygen atoms in total. The lowest BCUT2D eigenvalue weighted by Crippen LogP contribution is -2.17. The van der Waals surface area contributed by atoms with E-state index in [1.807, 2.05) is 48.5 Å². The lowest BCUT2D eigenvalue weighted by molar-refractivity contribution is 0.0950. The van der Waals surface area contributed by atoms with Crippen LogP contribution in [-0.4, -0.2) is 28.9 Å². The van der Waals surface area contributed by atoms with Crippen molar-refractivity contribution in [2.24, 2.45) is 5.10 Å². The molecule has 1 aromatic heterocycles. The van der Waals surface area contributed by atoms with Crippen LogP contribution in [0.15, 0.2) is 64.2 Å². The first kappa shape index (κ1) is 18.8. The number of nitrogens with zero attached hydrogens (tertiary/aromatic N) is 2. The van der Waals surface area contributed by atoms with Gasteiger partial charge in [-0.2, -0.15) is 10.2 Å². The SMILES string of the molecule is CCCOc1ccc(-c2cc(C(=O)NN=Cc3cccc(Br)c3)[nH]n2)cc1. The molecule has 0 unspecified atom stereocenters. The first-order valence-corrected chi connectivity index (χ1v) is 9.32. The summed E-state index contributed by atoms with van der Waals surface area (Å²) in [4.78, 5) is 12.2. The van der Waals surface area contributed by atoms with Gasteiger partial charge in [-0.25, -0.2) is 5.43 Å². The Kier molecular flexibility index (Phi) is 6.38. The fraction of sp³-hybridized carbons (Fsp3) is 0.150.